The molecule has 0 amide bonds. The number of aliphatic hydroxyl groups excluding tert-OH is 1. The Balaban J connectivity index is 2.54. The molecule has 0 aromatic carbocycles. The van der Waals surface area contributed by atoms with Gasteiger partial charge in [0.05, 0.1) is 18.4 Å². The number of hydrogen-bond donors (Lipinski definition) is 1. The molecular formula is C8H14N2O3S. The largest absolute Gasteiger partial charge is 0.395 e. The zero-order chi connectivity index (χ0) is 10.6. The molecular weight excluding hydrogens is 204 g/mol. The van der Waals surface area contributed by atoms with E-state index in [0.29, 0.717) is 25.9 Å². The normalized spacial score (nSPS) is 20.6. The van der Waals surface area contributed by atoms with Gasteiger partial charge in [-0.2, -0.15) is 5.26 Å². The summed E-state index contributed by atoms with van der Waals surface area (Å²) >= 11 is 0. The molecule has 1 aliphatic heterocycles. The Morgan fingerprint density at radius 2 is 2.00 bits per heavy atom. The molecule has 0 atom stereocenters. The summed E-state index contributed by atoms with van der Waals surface area (Å²) < 4.78 is 24.3. The van der Waals surface area contributed by atoms with Crippen LogP contribution in [-0.2, 0) is 10.0 Å². The van der Waals surface area contributed by atoms with E-state index in [4.69, 9.17) is 10.4 Å². The standard InChI is InChI=1S/C8H14N2O3S/c9-7-8-1-3-10(4-2-8)14(12,13)6-5-11/h8,11H,1-6H2. The highest BCUT2D eigenvalue weighted by atomic mass is 32.2. The summed E-state index contributed by atoms with van der Waals surface area (Å²) in [5.74, 6) is -0.236. The quantitative estimate of drug-likeness (QED) is 0.695. The molecule has 14 heavy (non-hydrogen) atoms. The van der Waals surface area contributed by atoms with Gasteiger partial charge in [-0.25, -0.2) is 12.7 Å². The van der Waals surface area contributed by atoms with Crippen LogP contribution < -0.4 is 0 Å². The minimum atomic E-state index is -3.29. The van der Waals surface area contributed by atoms with Crippen molar-refractivity contribution < 1.29 is 13.5 Å². The molecule has 0 aromatic heterocycles. The van der Waals surface area contributed by atoms with Gasteiger partial charge in [0.25, 0.3) is 0 Å². The number of hydrogen-bond acceptors (Lipinski definition) is 4. The van der Waals surface area contributed by atoms with E-state index in [1.807, 2.05) is 0 Å². The number of nitrogens with zero attached hydrogens (tertiary/aromatic N) is 2. The molecule has 0 saturated carbocycles. The average molecular weight is 218 g/mol. The van der Waals surface area contributed by atoms with E-state index < -0.39 is 10.0 Å². The lowest BCUT2D eigenvalue weighted by Gasteiger charge is -2.27. The third kappa shape index (κ3) is 2.67. The van der Waals surface area contributed by atoms with Crippen molar-refractivity contribution in [2.24, 2.45) is 5.92 Å². The van der Waals surface area contributed by atoms with Gasteiger partial charge in [0.15, 0.2) is 0 Å². The predicted octanol–water partition coefficient (Wildman–Crippen LogP) is -0.456. The first-order valence-electron chi connectivity index (χ1n) is 4.58. The fourth-order valence-corrected chi connectivity index (χ4v) is 2.76. The lowest BCUT2D eigenvalue weighted by molar-refractivity contribution is 0.294. The lowest BCUT2D eigenvalue weighted by Crippen LogP contribution is -2.40. The molecule has 0 spiro atoms. The number of piperidine rings is 1. The van der Waals surface area contributed by atoms with Crippen LogP contribution in [0.15, 0.2) is 0 Å². The molecule has 1 saturated heterocycles. The molecule has 1 heterocycles. The van der Waals surface area contributed by atoms with Crippen LogP contribution in [-0.4, -0.2) is 43.3 Å². The molecule has 6 heteroatoms. The number of rotatable bonds is 3. The van der Waals surface area contributed by atoms with Gasteiger partial charge in [0.1, 0.15) is 0 Å². The Morgan fingerprint density at radius 3 is 2.43 bits per heavy atom. The van der Waals surface area contributed by atoms with Crippen LogP contribution in [0.25, 0.3) is 0 Å². The molecule has 5 nitrogen and oxygen atoms in total. The van der Waals surface area contributed by atoms with Gasteiger partial charge >= 0.3 is 0 Å². The van der Waals surface area contributed by atoms with Gasteiger partial charge in [-0.3, -0.25) is 0 Å². The maximum atomic E-state index is 11.5. The summed E-state index contributed by atoms with van der Waals surface area (Å²) in [5.41, 5.74) is 0. The Kier molecular flexibility index (Phi) is 3.86. The summed E-state index contributed by atoms with van der Waals surface area (Å²) in [4.78, 5) is 0. The Bertz CT molecular complexity index is 312. The predicted molar refractivity (Wildman–Crippen MR) is 50.8 cm³/mol. The molecule has 0 unspecified atom stereocenters. The van der Waals surface area contributed by atoms with Crippen LogP contribution in [0.2, 0.25) is 0 Å². The summed E-state index contributed by atoms with van der Waals surface area (Å²) in [5, 5.41) is 17.2. The summed E-state index contributed by atoms with van der Waals surface area (Å²) in [6.45, 7) is 0.460. The van der Waals surface area contributed by atoms with Crippen molar-refractivity contribution in [2.75, 3.05) is 25.4 Å². The highest BCUT2D eigenvalue weighted by molar-refractivity contribution is 7.89. The maximum Gasteiger partial charge on any atom is 0.216 e. The van der Waals surface area contributed by atoms with E-state index in [1.54, 1.807) is 0 Å². The van der Waals surface area contributed by atoms with E-state index >= 15 is 0 Å². The van der Waals surface area contributed by atoms with Crippen LogP contribution in [0.1, 0.15) is 12.8 Å². The smallest absolute Gasteiger partial charge is 0.216 e. The van der Waals surface area contributed by atoms with Crippen LogP contribution in [0.3, 0.4) is 0 Å². The van der Waals surface area contributed by atoms with Crippen molar-refractivity contribution in [1.82, 2.24) is 4.31 Å². The monoisotopic (exact) mass is 218 g/mol. The highest BCUT2D eigenvalue weighted by Gasteiger charge is 2.27. The summed E-state index contributed by atoms with van der Waals surface area (Å²) in [6.07, 6.45) is 1.20. The molecule has 1 aliphatic rings. The van der Waals surface area contributed by atoms with Crippen LogP contribution in [0.4, 0.5) is 0 Å². The first-order valence-corrected chi connectivity index (χ1v) is 6.19. The molecule has 0 aliphatic carbocycles. The number of aliphatic hydroxyl groups is 1. The van der Waals surface area contributed by atoms with Gasteiger partial charge < -0.3 is 5.11 Å². The van der Waals surface area contributed by atoms with Crippen LogP contribution in [0, 0.1) is 17.2 Å². The van der Waals surface area contributed by atoms with E-state index in [2.05, 4.69) is 6.07 Å². The minimum Gasteiger partial charge on any atom is -0.395 e. The first kappa shape index (κ1) is 11.4. The van der Waals surface area contributed by atoms with Crippen molar-refractivity contribution in [3.05, 3.63) is 0 Å². The van der Waals surface area contributed by atoms with Gasteiger partial charge in [-0.1, -0.05) is 0 Å². The van der Waals surface area contributed by atoms with Gasteiger partial charge in [0.2, 0.25) is 10.0 Å². The fraction of sp³-hybridized carbons (Fsp3) is 0.875. The third-order valence-corrected chi connectivity index (χ3v) is 4.23. The van der Waals surface area contributed by atoms with E-state index in [1.165, 1.54) is 4.31 Å². The lowest BCUT2D eigenvalue weighted by atomic mass is 10.0. The van der Waals surface area contributed by atoms with Crippen molar-refractivity contribution in [2.45, 2.75) is 12.8 Å². The Hall–Kier alpha value is -0.640. The SMILES string of the molecule is N#CC1CCN(S(=O)(=O)CCO)CC1. The van der Waals surface area contributed by atoms with Crippen molar-refractivity contribution in [3.63, 3.8) is 0 Å². The maximum absolute atomic E-state index is 11.5. The molecule has 0 bridgehead atoms. The summed E-state index contributed by atoms with van der Waals surface area (Å²) in [7, 11) is -3.29. The number of nitriles is 1. The van der Waals surface area contributed by atoms with Crippen molar-refractivity contribution >= 4 is 10.0 Å². The molecule has 1 fully saturated rings. The van der Waals surface area contributed by atoms with Gasteiger partial charge in [-0.15, -0.1) is 0 Å². The minimum absolute atomic E-state index is 0.0180. The first-order chi connectivity index (χ1) is 6.60. The second-order valence-corrected chi connectivity index (χ2v) is 5.43. The molecule has 0 radical (unpaired) electrons. The number of sulfonamides is 1. The average Bonchev–Trinajstić information content (AvgIpc) is 2.18. The van der Waals surface area contributed by atoms with E-state index in [0.717, 1.165) is 0 Å². The van der Waals surface area contributed by atoms with Crippen molar-refractivity contribution in [3.8, 4) is 6.07 Å². The zero-order valence-electron chi connectivity index (χ0n) is 7.89. The summed E-state index contributed by atoms with van der Waals surface area (Å²) in [6, 6.07) is 2.14. The topological polar surface area (TPSA) is 81.4 Å². The molecule has 0 aromatic rings. The second kappa shape index (κ2) is 4.73. The van der Waals surface area contributed by atoms with Gasteiger partial charge in [0, 0.05) is 19.0 Å². The Labute approximate surface area is 84.0 Å². The molecule has 80 valence electrons. The second-order valence-electron chi connectivity index (χ2n) is 3.34. The fourth-order valence-electron chi connectivity index (χ4n) is 1.51. The van der Waals surface area contributed by atoms with Crippen LogP contribution >= 0.6 is 0 Å². The van der Waals surface area contributed by atoms with Crippen molar-refractivity contribution in [1.29, 1.82) is 5.26 Å². The van der Waals surface area contributed by atoms with Gasteiger partial charge in [-0.05, 0) is 12.8 Å². The van der Waals surface area contributed by atoms with E-state index in [-0.39, 0.29) is 18.3 Å². The highest BCUT2D eigenvalue weighted by Crippen LogP contribution is 2.18. The van der Waals surface area contributed by atoms with E-state index in [9.17, 15) is 8.42 Å². The van der Waals surface area contributed by atoms with Crippen LogP contribution in [0.5, 0.6) is 0 Å². The molecule has 1 N–H and O–H groups in total. The third-order valence-electron chi connectivity index (χ3n) is 2.38. The molecule has 1 rings (SSSR count). The zero-order valence-corrected chi connectivity index (χ0v) is 8.70. The Morgan fingerprint density at radius 1 is 1.43 bits per heavy atom.